The summed E-state index contributed by atoms with van der Waals surface area (Å²) in [6.07, 6.45) is 1.37. The Morgan fingerprint density at radius 1 is 1.36 bits per heavy atom. The number of carbonyl (C=O) groups is 3. The van der Waals surface area contributed by atoms with E-state index in [0.717, 1.165) is 6.42 Å². The van der Waals surface area contributed by atoms with Gasteiger partial charge in [-0.05, 0) is 39.5 Å². The van der Waals surface area contributed by atoms with Crippen LogP contribution < -0.4 is 10.6 Å². The van der Waals surface area contributed by atoms with Gasteiger partial charge in [-0.25, -0.2) is 0 Å². The van der Waals surface area contributed by atoms with Gasteiger partial charge in [-0.15, -0.1) is 11.8 Å². The first kappa shape index (κ1) is 21.4. The number of likely N-dealkylation sites (tertiary alicyclic amines) is 1. The first-order chi connectivity index (χ1) is 13.0. The SMILES string of the molecule is CC[C@@H](CO)N1C(=O)[C@@H]2[C@@H](C(=O)NC)[C@H]3CC(C)C2(S3)C1C(=O)NC(C)(C)C. The molecule has 0 aromatic carbocycles. The van der Waals surface area contributed by atoms with Gasteiger partial charge in [0, 0.05) is 17.8 Å². The molecule has 3 aliphatic rings. The van der Waals surface area contributed by atoms with E-state index in [4.69, 9.17) is 0 Å². The van der Waals surface area contributed by atoms with Gasteiger partial charge in [0.05, 0.1) is 29.2 Å². The Hall–Kier alpha value is -1.28. The maximum atomic E-state index is 13.6. The number of hydrogen-bond donors (Lipinski definition) is 3. The summed E-state index contributed by atoms with van der Waals surface area (Å²) in [5.41, 5.74) is -0.438. The van der Waals surface area contributed by atoms with Gasteiger partial charge in [-0.3, -0.25) is 14.4 Å². The lowest BCUT2D eigenvalue weighted by Gasteiger charge is -2.41. The minimum absolute atomic E-state index is 0.0465. The Morgan fingerprint density at radius 3 is 2.50 bits per heavy atom. The molecule has 0 aliphatic carbocycles. The molecule has 2 bridgehead atoms. The van der Waals surface area contributed by atoms with Crippen molar-refractivity contribution < 1.29 is 19.5 Å². The Kier molecular flexibility index (Phi) is 5.51. The first-order valence-corrected chi connectivity index (χ1v) is 11.1. The lowest BCUT2D eigenvalue weighted by molar-refractivity contribution is -0.143. The summed E-state index contributed by atoms with van der Waals surface area (Å²) < 4.78 is -0.628. The van der Waals surface area contributed by atoms with Crippen LogP contribution >= 0.6 is 11.8 Å². The van der Waals surface area contributed by atoms with Crippen molar-refractivity contribution >= 4 is 29.5 Å². The number of carbonyl (C=O) groups excluding carboxylic acids is 3. The molecule has 0 saturated carbocycles. The molecule has 1 spiro atoms. The summed E-state index contributed by atoms with van der Waals surface area (Å²) in [4.78, 5) is 41.4. The molecule has 0 aromatic heterocycles. The maximum absolute atomic E-state index is 13.6. The van der Waals surface area contributed by atoms with Gasteiger partial charge in [0.25, 0.3) is 0 Å². The summed E-state index contributed by atoms with van der Waals surface area (Å²) in [7, 11) is 1.60. The summed E-state index contributed by atoms with van der Waals surface area (Å²) >= 11 is 1.65. The molecule has 3 amide bonds. The van der Waals surface area contributed by atoms with Crippen molar-refractivity contribution in [2.75, 3.05) is 13.7 Å². The van der Waals surface area contributed by atoms with Crippen molar-refractivity contribution in [2.24, 2.45) is 17.8 Å². The average Bonchev–Trinajstić information content (AvgIpc) is 3.18. The van der Waals surface area contributed by atoms with Gasteiger partial charge in [-0.2, -0.15) is 0 Å². The smallest absolute Gasteiger partial charge is 0.244 e. The van der Waals surface area contributed by atoms with E-state index in [0.29, 0.717) is 6.42 Å². The van der Waals surface area contributed by atoms with E-state index < -0.39 is 34.2 Å². The monoisotopic (exact) mass is 411 g/mol. The van der Waals surface area contributed by atoms with Crippen molar-refractivity contribution in [3.63, 3.8) is 0 Å². The van der Waals surface area contributed by atoms with Gasteiger partial charge in [-0.1, -0.05) is 13.8 Å². The van der Waals surface area contributed by atoms with Crippen LogP contribution in [0.5, 0.6) is 0 Å². The Bertz CT molecular complexity index is 675. The lowest BCUT2D eigenvalue weighted by Crippen LogP contribution is -2.60. The zero-order valence-corrected chi connectivity index (χ0v) is 18.4. The van der Waals surface area contributed by atoms with Crippen LogP contribution in [0.2, 0.25) is 0 Å². The number of aliphatic hydroxyl groups is 1. The molecule has 3 N–H and O–H groups in total. The minimum Gasteiger partial charge on any atom is -0.394 e. The highest BCUT2D eigenvalue weighted by Crippen LogP contribution is 2.68. The number of aliphatic hydroxyl groups excluding tert-OH is 1. The van der Waals surface area contributed by atoms with E-state index in [1.807, 2.05) is 27.7 Å². The van der Waals surface area contributed by atoms with Gasteiger partial charge in [0.15, 0.2) is 0 Å². The molecule has 3 rings (SSSR count). The Morgan fingerprint density at radius 2 is 2.00 bits per heavy atom. The van der Waals surface area contributed by atoms with E-state index in [9.17, 15) is 19.5 Å². The van der Waals surface area contributed by atoms with Crippen molar-refractivity contribution in [1.29, 1.82) is 0 Å². The van der Waals surface area contributed by atoms with Crippen molar-refractivity contribution in [3.8, 4) is 0 Å². The molecule has 7 nitrogen and oxygen atoms in total. The first-order valence-electron chi connectivity index (χ1n) is 10.2. The average molecular weight is 412 g/mol. The number of hydrogen-bond acceptors (Lipinski definition) is 5. The molecule has 3 fully saturated rings. The second kappa shape index (κ2) is 7.20. The largest absolute Gasteiger partial charge is 0.394 e. The number of fused-ring (bicyclic) bond motifs is 1. The predicted molar refractivity (Wildman–Crippen MR) is 109 cm³/mol. The Balaban J connectivity index is 2.12. The van der Waals surface area contributed by atoms with Crippen LogP contribution in [0.3, 0.4) is 0 Å². The van der Waals surface area contributed by atoms with Crippen molar-refractivity contribution in [1.82, 2.24) is 15.5 Å². The third-order valence-electron chi connectivity index (χ3n) is 6.55. The maximum Gasteiger partial charge on any atom is 0.244 e. The van der Waals surface area contributed by atoms with E-state index >= 15 is 0 Å². The molecule has 7 atom stereocenters. The second-order valence-corrected chi connectivity index (χ2v) is 10.9. The fourth-order valence-electron chi connectivity index (χ4n) is 5.47. The minimum atomic E-state index is -0.680. The van der Waals surface area contributed by atoms with Crippen LogP contribution in [0.4, 0.5) is 0 Å². The predicted octanol–water partition coefficient (Wildman–Crippen LogP) is 0.755. The summed E-state index contributed by atoms with van der Waals surface area (Å²) in [6, 6.07) is -1.11. The van der Waals surface area contributed by atoms with Crippen molar-refractivity contribution in [3.05, 3.63) is 0 Å². The topological polar surface area (TPSA) is 98.7 Å². The van der Waals surface area contributed by atoms with Gasteiger partial charge in [0.2, 0.25) is 17.7 Å². The van der Waals surface area contributed by atoms with Crippen LogP contribution in [-0.2, 0) is 14.4 Å². The quantitative estimate of drug-likeness (QED) is 0.620. The van der Waals surface area contributed by atoms with Crippen molar-refractivity contribution in [2.45, 2.75) is 75.1 Å². The lowest BCUT2D eigenvalue weighted by atomic mass is 9.66. The highest BCUT2D eigenvalue weighted by atomic mass is 32.2. The second-order valence-electron chi connectivity index (χ2n) is 9.40. The van der Waals surface area contributed by atoms with E-state index in [1.165, 1.54) is 0 Å². The third kappa shape index (κ3) is 2.95. The molecule has 3 saturated heterocycles. The molecule has 3 heterocycles. The number of rotatable bonds is 5. The molecule has 8 heteroatoms. The fourth-order valence-corrected chi connectivity index (χ4v) is 7.88. The molecule has 0 aromatic rings. The Labute approximate surface area is 171 Å². The van der Waals surface area contributed by atoms with Crippen LogP contribution in [-0.4, -0.2) is 69.0 Å². The number of nitrogens with zero attached hydrogens (tertiary/aromatic N) is 1. The summed E-state index contributed by atoms with van der Waals surface area (Å²) in [5, 5.41) is 15.8. The number of thioether (sulfide) groups is 1. The van der Waals surface area contributed by atoms with Gasteiger partial charge < -0.3 is 20.6 Å². The highest BCUT2D eigenvalue weighted by molar-refractivity contribution is 8.02. The number of nitrogens with one attached hydrogen (secondary N) is 2. The van der Waals surface area contributed by atoms with E-state index in [2.05, 4.69) is 17.6 Å². The van der Waals surface area contributed by atoms with Crippen LogP contribution in [0.25, 0.3) is 0 Å². The molecule has 158 valence electrons. The van der Waals surface area contributed by atoms with E-state index in [1.54, 1.807) is 23.7 Å². The molecular weight excluding hydrogens is 378 g/mol. The normalized spacial score (nSPS) is 37.8. The van der Waals surface area contributed by atoms with Gasteiger partial charge in [0.1, 0.15) is 6.04 Å². The van der Waals surface area contributed by atoms with Crippen LogP contribution in [0, 0.1) is 17.8 Å². The summed E-state index contributed by atoms with van der Waals surface area (Å²) in [6.45, 7) is 9.55. The molecule has 28 heavy (non-hydrogen) atoms. The third-order valence-corrected chi connectivity index (χ3v) is 8.63. The molecule has 3 unspecified atom stereocenters. The zero-order valence-electron chi connectivity index (χ0n) is 17.6. The van der Waals surface area contributed by atoms with E-state index in [-0.39, 0.29) is 35.5 Å². The highest BCUT2D eigenvalue weighted by Gasteiger charge is 2.76. The standard InChI is InChI=1S/C20H33N3O4S/c1-7-11(9-24)23-15(17(26)22-19(3,4)5)20-10(2)8-12(28-20)13(16(25)21-6)14(20)18(23)27/h10-15,24H,7-9H2,1-6H3,(H,21,25)(H,22,26)/t10?,11-,12+,13-,14-,15?,20?/m0/s1. The molecule has 0 radical (unpaired) electrons. The van der Waals surface area contributed by atoms with Gasteiger partial charge >= 0.3 is 0 Å². The number of amides is 3. The van der Waals surface area contributed by atoms with Crippen LogP contribution in [0.1, 0.15) is 47.5 Å². The summed E-state index contributed by atoms with van der Waals surface area (Å²) in [5.74, 6) is -1.29. The van der Waals surface area contributed by atoms with Crippen LogP contribution in [0.15, 0.2) is 0 Å². The zero-order chi connectivity index (χ0) is 21.0. The fraction of sp³-hybridized carbons (Fsp3) is 0.850. The molecular formula is C20H33N3O4S. The molecule has 3 aliphatic heterocycles.